The van der Waals surface area contributed by atoms with Crippen LogP contribution in [0.5, 0.6) is 5.75 Å². The van der Waals surface area contributed by atoms with Gasteiger partial charge in [0.2, 0.25) is 0 Å². The van der Waals surface area contributed by atoms with E-state index in [-0.39, 0.29) is 5.91 Å². The van der Waals surface area contributed by atoms with Gasteiger partial charge < -0.3 is 14.8 Å². The Kier molecular flexibility index (Phi) is 8.14. The fourth-order valence-electron chi connectivity index (χ4n) is 3.20. The highest BCUT2D eigenvalue weighted by Gasteiger charge is 2.16. The maximum absolute atomic E-state index is 12.3. The molecule has 1 aliphatic rings. The summed E-state index contributed by atoms with van der Waals surface area (Å²) in [5, 5.41) is 6.69. The van der Waals surface area contributed by atoms with Crippen LogP contribution in [0.4, 0.5) is 0 Å². The van der Waals surface area contributed by atoms with Gasteiger partial charge in [0.05, 0.1) is 26.5 Å². The van der Waals surface area contributed by atoms with Crippen molar-refractivity contribution >= 4 is 18.0 Å². The Morgan fingerprint density at radius 2 is 1.94 bits per heavy atom. The normalized spacial score (nSPS) is 15.4. The Labute approximate surface area is 182 Å². The average molecular weight is 425 g/mol. The summed E-state index contributed by atoms with van der Waals surface area (Å²) < 4.78 is 10.9. The van der Waals surface area contributed by atoms with Gasteiger partial charge in [0.25, 0.3) is 11.8 Å². The largest absolute Gasteiger partial charge is 0.496 e. The van der Waals surface area contributed by atoms with E-state index in [9.17, 15) is 9.59 Å². The number of carbonyl (C=O) groups excluding carboxylic acids is 2. The summed E-state index contributed by atoms with van der Waals surface area (Å²) in [7, 11) is 1.65. The smallest absolute Gasteiger partial charge is 0.262 e. The third-order valence-electron chi connectivity index (χ3n) is 4.97. The lowest BCUT2D eigenvalue weighted by Crippen LogP contribution is -2.43. The Balaban J connectivity index is 1.56. The van der Waals surface area contributed by atoms with Crippen molar-refractivity contribution in [3.63, 3.8) is 0 Å². The van der Waals surface area contributed by atoms with Crippen molar-refractivity contribution in [1.82, 2.24) is 15.6 Å². The van der Waals surface area contributed by atoms with Crippen LogP contribution in [0.15, 0.2) is 53.6 Å². The van der Waals surface area contributed by atoms with Gasteiger partial charge in [0, 0.05) is 30.8 Å². The van der Waals surface area contributed by atoms with E-state index < -0.39 is 11.9 Å². The molecule has 31 heavy (non-hydrogen) atoms. The lowest BCUT2D eigenvalue weighted by molar-refractivity contribution is -0.122. The van der Waals surface area contributed by atoms with E-state index in [1.54, 1.807) is 44.5 Å². The molecule has 1 heterocycles. The number of hydrogen-bond acceptors (Lipinski definition) is 6. The Morgan fingerprint density at radius 1 is 1.19 bits per heavy atom. The number of benzene rings is 2. The van der Waals surface area contributed by atoms with Crippen LogP contribution in [0, 0.1) is 0 Å². The van der Waals surface area contributed by atoms with Crippen molar-refractivity contribution < 1.29 is 19.1 Å². The highest BCUT2D eigenvalue weighted by atomic mass is 16.5. The second-order valence-corrected chi connectivity index (χ2v) is 7.26. The first kappa shape index (κ1) is 22.5. The van der Waals surface area contributed by atoms with Gasteiger partial charge in [-0.1, -0.05) is 18.2 Å². The number of carbonyl (C=O) groups is 2. The molecule has 8 nitrogen and oxygen atoms in total. The average Bonchev–Trinajstić information content (AvgIpc) is 2.80. The Morgan fingerprint density at radius 3 is 2.65 bits per heavy atom. The first-order chi connectivity index (χ1) is 15.1. The second-order valence-electron chi connectivity index (χ2n) is 7.26. The molecule has 0 aliphatic carbocycles. The van der Waals surface area contributed by atoms with E-state index in [0.717, 1.165) is 49.7 Å². The SMILES string of the molecule is COc1ccc(/C=N\NC(=O)[C@@H](C)NC(=O)c2ccccc2)cc1CN1CCOCC1. The summed E-state index contributed by atoms with van der Waals surface area (Å²) >= 11 is 0. The van der Waals surface area contributed by atoms with Crippen LogP contribution in [-0.2, 0) is 16.1 Å². The molecule has 2 N–H and O–H groups in total. The van der Waals surface area contributed by atoms with Crippen LogP contribution in [0.1, 0.15) is 28.4 Å². The first-order valence-corrected chi connectivity index (χ1v) is 10.2. The molecular weight excluding hydrogens is 396 g/mol. The molecular formula is C23H28N4O4. The van der Waals surface area contributed by atoms with Gasteiger partial charge >= 0.3 is 0 Å². The van der Waals surface area contributed by atoms with E-state index >= 15 is 0 Å². The molecule has 2 aromatic carbocycles. The van der Waals surface area contributed by atoms with E-state index in [4.69, 9.17) is 9.47 Å². The molecule has 3 rings (SSSR count). The molecule has 0 saturated carbocycles. The number of hydrazone groups is 1. The number of methoxy groups -OCH3 is 1. The highest BCUT2D eigenvalue weighted by Crippen LogP contribution is 2.21. The van der Waals surface area contributed by atoms with Crippen LogP contribution in [0.2, 0.25) is 0 Å². The molecule has 0 aromatic heterocycles. The van der Waals surface area contributed by atoms with E-state index in [2.05, 4.69) is 20.7 Å². The summed E-state index contributed by atoms with van der Waals surface area (Å²) in [6.45, 7) is 5.58. The van der Waals surface area contributed by atoms with Crippen molar-refractivity contribution in [3.05, 3.63) is 65.2 Å². The minimum Gasteiger partial charge on any atom is -0.496 e. The number of amides is 2. The third-order valence-corrected chi connectivity index (χ3v) is 4.97. The van der Waals surface area contributed by atoms with Crippen LogP contribution >= 0.6 is 0 Å². The minimum absolute atomic E-state index is 0.310. The molecule has 8 heteroatoms. The molecule has 0 radical (unpaired) electrons. The molecule has 1 fully saturated rings. The van der Waals surface area contributed by atoms with Crippen molar-refractivity contribution in [2.75, 3.05) is 33.4 Å². The molecule has 0 unspecified atom stereocenters. The number of nitrogens with zero attached hydrogens (tertiary/aromatic N) is 2. The summed E-state index contributed by atoms with van der Waals surface area (Å²) in [5.74, 6) is 0.0997. The van der Waals surface area contributed by atoms with Crippen LogP contribution in [0.3, 0.4) is 0 Å². The van der Waals surface area contributed by atoms with Crippen LogP contribution < -0.4 is 15.5 Å². The summed E-state index contributed by atoms with van der Waals surface area (Å²) in [6, 6.07) is 13.8. The maximum Gasteiger partial charge on any atom is 0.262 e. The molecule has 2 aromatic rings. The highest BCUT2D eigenvalue weighted by molar-refractivity contribution is 5.97. The lowest BCUT2D eigenvalue weighted by atomic mass is 10.1. The molecule has 1 saturated heterocycles. The predicted octanol–water partition coefficient (Wildman–Crippen LogP) is 1.80. The number of rotatable bonds is 8. The first-order valence-electron chi connectivity index (χ1n) is 10.2. The van der Waals surface area contributed by atoms with Gasteiger partial charge in [-0.25, -0.2) is 5.43 Å². The van der Waals surface area contributed by atoms with Crippen molar-refractivity contribution in [3.8, 4) is 5.75 Å². The second kappa shape index (κ2) is 11.2. The monoisotopic (exact) mass is 424 g/mol. The van der Waals surface area contributed by atoms with Crippen LogP contribution in [0.25, 0.3) is 0 Å². The summed E-state index contributed by atoms with van der Waals surface area (Å²) in [5.41, 5.74) is 4.85. The fourth-order valence-corrected chi connectivity index (χ4v) is 3.20. The third kappa shape index (κ3) is 6.63. The van der Waals surface area contributed by atoms with Gasteiger partial charge in [-0.15, -0.1) is 0 Å². The lowest BCUT2D eigenvalue weighted by Gasteiger charge is -2.27. The number of hydrogen-bond donors (Lipinski definition) is 2. The molecule has 1 aliphatic heterocycles. The maximum atomic E-state index is 12.3. The van der Waals surface area contributed by atoms with Gasteiger partial charge in [-0.3, -0.25) is 14.5 Å². The zero-order chi connectivity index (χ0) is 22.1. The van der Waals surface area contributed by atoms with Crippen molar-refractivity contribution in [1.29, 1.82) is 0 Å². The molecule has 0 bridgehead atoms. The topological polar surface area (TPSA) is 92.3 Å². The predicted molar refractivity (Wildman–Crippen MR) is 118 cm³/mol. The van der Waals surface area contributed by atoms with E-state index in [1.165, 1.54) is 0 Å². The van der Waals surface area contributed by atoms with E-state index in [1.807, 2.05) is 24.3 Å². The molecule has 2 amide bonds. The summed E-state index contributed by atoms with van der Waals surface area (Å²) in [6.07, 6.45) is 1.58. The zero-order valence-electron chi connectivity index (χ0n) is 17.8. The zero-order valence-corrected chi connectivity index (χ0v) is 17.8. The number of morpholine rings is 1. The Hall–Kier alpha value is -3.23. The van der Waals surface area contributed by atoms with Crippen LogP contribution in [-0.4, -0.2) is 62.4 Å². The minimum atomic E-state index is -0.724. The van der Waals surface area contributed by atoms with E-state index in [0.29, 0.717) is 5.56 Å². The number of nitrogens with one attached hydrogen (secondary N) is 2. The summed E-state index contributed by atoms with van der Waals surface area (Å²) in [4.78, 5) is 26.7. The Bertz CT molecular complexity index is 911. The van der Waals surface area contributed by atoms with Gasteiger partial charge in [0.15, 0.2) is 0 Å². The molecule has 0 spiro atoms. The van der Waals surface area contributed by atoms with Gasteiger partial charge in [-0.2, -0.15) is 5.10 Å². The van der Waals surface area contributed by atoms with Crippen molar-refractivity contribution in [2.45, 2.75) is 19.5 Å². The molecule has 1 atom stereocenters. The molecule has 164 valence electrons. The quantitative estimate of drug-likeness (QED) is 0.498. The number of ether oxygens (including phenoxy) is 2. The van der Waals surface area contributed by atoms with Gasteiger partial charge in [0.1, 0.15) is 11.8 Å². The fraction of sp³-hybridized carbons (Fsp3) is 0.348. The standard InChI is InChI=1S/C23H28N4O4/c1-17(25-23(29)19-6-4-3-5-7-19)22(28)26-24-15-18-8-9-21(30-2)20(14-18)16-27-10-12-31-13-11-27/h3-9,14-15,17H,10-13,16H2,1-2H3,(H,25,29)(H,26,28)/b24-15-/t17-/m1/s1. The van der Waals surface area contributed by atoms with Crippen molar-refractivity contribution in [2.24, 2.45) is 5.10 Å². The van der Waals surface area contributed by atoms with Gasteiger partial charge in [-0.05, 0) is 42.8 Å².